The Bertz CT molecular complexity index is 163. The maximum absolute atomic E-state index is 11.0. The van der Waals surface area contributed by atoms with Crippen LogP contribution < -0.4 is 0 Å². The minimum Gasteiger partial charge on any atom is -0.468 e. The maximum Gasteiger partial charge on any atom is 0.327 e. The molecule has 1 rings (SSSR count). The smallest absolute Gasteiger partial charge is 0.327 e. The molecule has 0 bridgehead atoms. The summed E-state index contributed by atoms with van der Waals surface area (Å²) in [6, 6.07) is -0.228. The van der Waals surface area contributed by atoms with Crippen LogP contribution in [0.5, 0.6) is 0 Å². The number of methoxy groups -OCH3 is 1. The molecule has 11 heavy (non-hydrogen) atoms. The van der Waals surface area contributed by atoms with Gasteiger partial charge in [-0.05, 0) is 6.42 Å². The summed E-state index contributed by atoms with van der Waals surface area (Å²) in [5, 5.41) is 0. The van der Waals surface area contributed by atoms with Gasteiger partial charge >= 0.3 is 5.97 Å². The lowest BCUT2D eigenvalue weighted by Gasteiger charge is -2.34. The highest BCUT2D eigenvalue weighted by Crippen LogP contribution is 2.12. The summed E-state index contributed by atoms with van der Waals surface area (Å²) in [7, 11) is 1.40. The fourth-order valence-electron chi connectivity index (χ4n) is 1.13. The molecule has 3 heteroatoms. The van der Waals surface area contributed by atoms with Crippen molar-refractivity contribution in [2.45, 2.75) is 12.5 Å². The first-order valence-electron chi connectivity index (χ1n) is 3.74. The normalized spacial score (nSPS) is 20.1. The second-order valence-corrected chi connectivity index (χ2v) is 2.59. The number of ether oxygens (including phenoxy) is 1. The fraction of sp³-hybridized carbons (Fsp3) is 0.625. The number of carbonyl (C=O) groups is 1. The standard InChI is InChI=1S/C8H13NO2/c1-3-7(8(10)11-2)9-5-4-6-9/h3,7H,1,4-6H2,2H3. The lowest BCUT2D eigenvalue weighted by Crippen LogP contribution is -2.48. The van der Waals surface area contributed by atoms with Crippen molar-refractivity contribution in [3.8, 4) is 0 Å². The lowest BCUT2D eigenvalue weighted by molar-refractivity contribution is -0.146. The average molecular weight is 155 g/mol. The van der Waals surface area contributed by atoms with E-state index in [0.29, 0.717) is 0 Å². The van der Waals surface area contributed by atoms with E-state index in [0.717, 1.165) is 13.1 Å². The van der Waals surface area contributed by atoms with Crippen LogP contribution in [-0.4, -0.2) is 37.1 Å². The predicted molar refractivity (Wildman–Crippen MR) is 42.2 cm³/mol. The van der Waals surface area contributed by atoms with Gasteiger partial charge in [-0.15, -0.1) is 6.58 Å². The number of likely N-dealkylation sites (tertiary alicyclic amines) is 1. The van der Waals surface area contributed by atoms with E-state index < -0.39 is 0 Å². The Morgan fingerprint density at radius 3 is 2.64 bits per heavy atom. The molecule has 1 heterocycles. The molecule has 0 radical (unpaired) electrons. The van der Waals surface area contributed by atoms with Crippen molar-refractivity contribution < 1.29 is 9.53 Å². The van der Waals surface area contributed by atoms with Crippen LogP contribution in [0, 0.1) is 0 Å². The highest BCUT2D eigenvalue weighted by atomic mass is 16.5. The van der Waals surface area contributed by atoms with Crippen LogP contribution in [0.4, 0.5) is 0 Å². The summed E-state index contributed by atoms with van der Waals surface area (Å²) < 4.78 is 4.61. The number of hydrogen-bond acceptors (Lipinski definition) is 3. The summed E-state index contributed by atoms with van der Waals surface area (Å²) in [5.74, 6) is -0.209. The van der Waals surface area contributed by atoms with Gasteiger partial charge in [-0.3, -0.25) is 9.69 Å². The molecule has 3 nitrogen and oxygen atoms in total. The predicted octanol–water partition coefficient (Wildman–Crippen LogP) is 0.420. The Balaban J connectivity index is 2.47. The van der Waals surface area contributed by atoms with Gasteiger partial charge in [-0.25, -0.2) is 0 Å². The van der Waals surface area contributed by atoms with Gasteiger partial charge in [0, 0.05) is 13.1 Å². The first-order chi connectivity index (χ1) is 5.29. The van der Waals surface area contributed by atoms with Gasteiger partial charge in [-0.2, -0.15) is 0 Å². The number of carbonyl (C=O) groups excluding carboxylic acids is 1. The number of rotatable bonds is 3. The molecule has 0 amide bonds. The van der Waals surface area contributed by atoms with Crippen LogP contribution in [0.25, 0.3) is 0 Å². The van der Waals surface area contributed by atoms with Gasteiger partial charge in [-0.1, -0.05) is 6.08 Å². The highest BCUT2D eigenvalue weighted by Gasteiger charge is 2.27. The summed E-state index contributed by atoms with van der Waals surface area (Å²) >= 11 is 0. The van der Waals surface area contributed by atoms with E-state index in [4.69, 9.17) is 0 Å². The van der Waals surface area contributed by atoms with Crippen LogP contribution in [0.15, 0.2) is 12.7 Å². The van der Waals surface area contributed by atoms with E-state index >= 15 is 0 Å². The Morgan fingerprint density at radius 2 is 2.36 bits per heavy atom. The molecule has 1 saturated heterocycles. The molecule has 1 aliphatic rings. The number of nitrogens with zero attached hydrogens (tertiary/aromatic N) is 1. The van der Waals surface area contributed by atoms with Gasteiger partial charge in [0.15, 0.2) is 0 Å². The first kappa shape index (κ1) is 8.27. The SMILES string of the molecule is C=CC(C(=O)OC)N1CCC1. The monoisotopic (exact) mass is 155 g/mol. The van der Waals surface area contributed by atoms with Crippen molar-refractivity contribution in [2.75, 3.05) is 20.2 Å². The topological polar surface area (TPSA) is 29.5 Å². The number of esters is 1. The van der Waals surface area contributed by atoms with Gasteiger partial charge in [0.25, 0.3) is 0 Å². The number of hydrogen-bond donors (Lipinski definition) is 0. The Hall–Kier alpha value is -0.830. The first-order valence-corrected chi connectivity index (χ1v) is 3.74. The molecular weight excluding hydrogens is 142 g/mol. The van der Waals surface area contributed by atoms with Gasteiger partial charge in [0.1, 0.15) is 6.04 Å². The van der Waals surface area contributed by atoms with Gasteiger partial charge in [0.2, 0.25) is 0 Å². The third-order valence-corrected chi connectivity index (χ3v) is 1.95. The Morgan fingerprint density at radius 1 is 1.73 bits per heavy atom. The molecule has 0 N–H and O–H groups in total. The zero-order valence-electron chi connectivity index (χ0n) is 6.75. The molecule has 1 aliphatic heterocycles. The molecule has 0 aliphatic carbocycles. The summed E-state index contributed by atoms with van der Waals surface area (Å²) in [6.07, 6.45) is 2.80. The highest BCUT2D eigenvalue weighted by molar-refractivity contribution is 5.77. The second-order valence-electron chi connectivity index (χ2n) is 2.59. The van der Waals surface area contributed by atoms with Crippen LogP contribution in [0.3, 0.4) is 0 Å². The fourth-order valence-corrected chi connectivity index (χ4v) is 1.13. The molecule has 0 saturated carbocycles. The van der Waals surface area contributed by atoms with Crippen LogP contribution >= 0.6 is 0 Å². The van der Waals surface area contributed by atoms with Crippen LogP contribution in [0.2, 0.25) is 0 Å². The van der Waals surface area contributed by atoms with E-state index in [1.54, 1.807) is 6.08 Å². The maximum atomic E-state index is 11.0. The second kappa shape index (κ2) is 3.53. The quantitative estimate of drug-likeness (QED) is 0.437. The molecule has 0 spiro atoms. The average Bonchev–Trinajstić information content (AvgIpc) is 1.94. The van der Waals surface area contributed by atoms with Crippen molar-refractivity contribution in [2.24, 2.45) is 0 Å². The van der Waals surface area contributed by atoms with E-state index in [2.05, 4.69) is 11.3 Å². The van der Waals surface area contributed by atoms with E-state index in [1.807, 2.05) is 4.90 Å². The Labute approximate surface area is 66.6 Å². The minimum atomic E-state index is -0.228. The third kappa shape index (κ3) is 1.60. The molecule has 0 aromatic heterocycles. The van der Waals surface area contributed by atoms with Gasteiger partial charge < -0.3 is 4.74 Å². The summed E-state index contributed by atoms with van der Waals surface area (Å²) in [5.41, 5.74) is 0. The minimum absolute atomic E-state index is 0.209. The molecule has 1 atom stereocenters. The largest absolute Gasteiger partial charge is 0.468 e. The summed E-state index contributed by atoms with van der Waals surface area (Å²) in [6.45, 7) is 5.55. The third-order valence-electron chi connectivity index (χ3n) is 1.95. The molecule has 1 fully saturated rings. The Kier molecular flexibility index (Phi) is 2.65. The molecule has 62 valence electrons. The summed E-state index contributed by atoms with van der Waals surface area (Å²) in [4.78, 5) is 13.1. The van der Waals surface area contributed by atoms with E-state index in [-0.39, 0.29) is 12.0 Å². The zero-order valence-corrected chi connectivity index (χ0v) is 6.75. The zero-order chi connectivity index (χ0) is 8.27. The molecule has 1 unspecified atom stereocenters. The lowest BCUT2D eigenvalue weighted by atomic mass is 10.1. The van der Waals surface area contributed by atoms with Crippen molar-refractivity contribution in [1.29, 1.82) is 0 Å². The van der Waals surface area contributed by atoms with Crippen molar-refractivity contribution in [1.82, 2.24) is 4.90 Å². The van der Waals surface area contributed by atoms with E-state index in [9.17, 15) is 4.79 Å². The van der Waals surface area contributed by atoms with E-state index in [1.165, 1.54) is 13.5 Å². The molecular formula is C8H13NO2. The van der Waals surface area contributed by atoms with Crippen LogP contribution in [0.1, 0.15) is 6.42 Å². The molecule has 0 aromatic rings. The van der Waals surface area contributed by atoms with Gasteiger partial charge in [0.05, 0.1) is 7.11 Å². The van der Waals surface area contributed by atoms with Crippen molar-refractivity contribution in [3.05, 3.63) is 12.7 Å². The van der Waals surface area contributed by atoms with Crippen molar-refractivity contribution in [3.63, 3.8) is 0 Å². The van der Waals surface area contributed by atoms with Crippen molar-refractivity contribution >= 4 is 5.97 Å². The molecule has 0 aromatic carbocycles. The van der Waals surface area contributed by atoms with Crippen LogP contribution in [-0.2, 0) is 9.53 Å².